The molecule has 0 aromatic heterocycles. The standard InChI is InChI=1S/4C18H15P.2H2O.2Rh/c4*1-4-10-16(11-5-1)19(17-12-6-2-7-13-17)18-14-8-3-9-15-18;;;;/h4*1-15H;2*1H2;;. The van der Waals surface area contributed by atoms with Gasteiger partial charge in [0.15, 0.2) is 0 Å². The van der Waals surface area contributed by atoms with E-state index < -0.39 is 31.7 Å². The van der Waals surface area contributed by atoms with Crippen molar-refractivity contribution in [3.05, 3.63) is 364 Å². The predicted octanol–water partition coefficient (Wildman–Crippen LogP) is 12.1. The molecular formula is C72H64O2P4Rh2. The van der Waals surface area contributed by atoms with E-state index in [0.29, 0.717) is 0 Å². The second kappa shape index (κ2) is 36.0. The molecule has 0 aliphatic heterocycles. The molecule has 8 heteroatoms. The third-order valence-electron chi connectivity index (χ3n) is 12.2. The van der Waals surface area contributed by atoms with Crippen LogP contribution in [-0.2, 0) is 39.0 Å². The molecule has 0 heterocycles. The summed E-state index contributed by atoms with van der Waals surface area (Å²) < 4.78 is 0. The van der Waals surface area contributed by atoms with Crippen molar-refractivity contribution >= 4 is 95.3 Å². The van der Waals surface area contributed by atoms with Gasteiger partial charge in [-0.3, -0.25) is 0 Å². The molecule has 4 N–H and O–H groups in total. The molecule has 80 heavy (non-hydrogen) atoms. The van der Waals surface area contributed by atoms with Gasteiger partial charge in [-0.1, -0.05) is 364 Å². The van der Waals surface area contributed by atoms with Crippen molar-refractivity contribution < 1.29 is 49.9 Å². The average molecular weight is 1290 g/mol. The molecule has 0 aliphatic rings. The fourth-order valence-corrected chi connectivity index (χ4v) is 17.9. The first-order valence-electron chi connectivity index (χ1n) is 25.6. The van der Waals surface area contributed by atoms with Crippen molar-refractivity contribution in [1.29, 1.82) is 0 Å². The molecule has 0 saturated heterocycles. The summed E-state index contributed by atoms with van der Waals surface area (Å²) in [4.78, 5) is 0. The van der Waals surface area contributed by atoms with Crippen molar-refractivity contribution in [2.24, 2.45) is 0 Å². The second-order valence-electron chi connectivity index (χ2n) is 17.4. The average Bonchev–Trinajstić information content (AvgIpc) is 3.52. The first kappa shape index (κ1) is 64.3. The van der Waals surface area contributed by atoms with Crippen LogP contribution in [0.5, 0.6) is 0 Å². The minimum atomic E-state index is -0.446. The van der Waals surface area contributed by atoms with Crippen molar-refractivity contribution in [2.45, 2.75) is 0 Å². The summed E-state index contributed by atoms with van der Waals surface area (Å²) in [6, 6.07) is 129. The van der Waals surface area contributed by atoms with Crippen LogP contribution in [0, 0.1) is 0 Å². The van der Waals surface area contributed by atoms with Gasteiger partial charge in [0.1, 0.15) is 0 Å². The summed E-state index contributed by atoms with van der Waals surface area (Å²) >= 11 is 0. The quantitative estimate of drug-likeness (QED) is 0.0864. The van der Waals surface area contributed by atoms with Gasteiger partial charge in [-0.05, 0) is 95.3 Å². The summed E-state index contributed by atoms with van der Waals surface area (Å²) in [5.74, 6) is 0. The van der Waals surface area contributed by atoms with Gasteiger partial charge in [0.25, 0.3) is 0 Å². The Bertz CT molecular complexity index is 2600. The van der Waals surface area contributed by atoms with E-state index in [0.717, 1.165) is 0 Å². The summed E-state index contributed by atoms with van der Waals surface area (Å²) in [7, 11) is -1.78. The van der Waals surface area contributed by atoms with Gasteiger partial charge in [0.05, 0.1) is 0 Å². The van der Waals surface area contributed by atoms with E-state index in [2.05, 4.69) is 364 Å². The number of hydrogen-bond donors (Lipinski definition) is 0. The van der Waals surface area contributed by atoms with Crippen LogP contribution in [0.3, 0.4) is 0 Å². The molecule has 0 amide bonds. The molecule has 0 fully saturated rings. The molecule has 0 bridgehead atoms. The third kappa shape index (κ3) is 18.8. The molecule has 12 aromatic carbocycles. The Morgan fingerprint density at radius 1 is 0.113 bits per heavy atom. The molecule has 0 spiro atoms. The van der Waals surface area contributed by atoms with Crippen LogP contribution >= 0.6 is 31.7 Å². The molecule has 2 nitrogen and oxygen atoms in total. The summed E-state index contributed by atoms with van der Waals surface area (Å²) in [5, 5.41) is 16.8. The maximum Gasteiger partial charge on any atom is 0 e. The second-order valence-corrected chi connectivity index (χ2v) is 26.2. The van der Waals surface area contributed by atoms with E-state index in [-0.39, 0.29) is 49.9 Å². The van der Waals surface area contributed by atoms with Gasteiger partial charge in [0, 0.05) is 39.0 Å². The van der Waals surface area contributed by atoms with Gasteiger partial charge < -0.3 is 11.0 Å². The van der Waals surface area contributed by atoms with Crippen molar-refractivity contribution in [3.8, 4) is 0 Å². The smallest absolute Gasteiger partial charge is 0 e. The Morgan fingerprint density at radius 3 is 0.237 bits per heavy atom. The van der Waals surface area contributed by atoms with E-state index >= 15 is 0 Å². The van der Waals surface area contributed by atoms with Crippen molar-refractivity contribution in [2.75, 3.05) is 0 Å². The third-order valence-corrected chi connectivity index (χ3v) is 21.9. The molecular weight excluding hydrogens is 1230 g/mol. The topological polar surface area (TPSA) is 63.0 Å². The van der Waals surface area contributed by atoms with Gasteiger partial charge in [0.2, 0.25) is 0 Å². The molecule has 0 aliphatic carbocycles. The summed E-state index contributed by atoms with van der Waals surface area (Å²) in [6.45, 7) is 0. The number of rotatable bonds is 12. The Morgan fingerprint density at radius 2 is 0.175 bits per heavy atom. The van der Waals surface area contributed by atoms with Crippen LogP contribution in [0.1, 0.15) is 0 Å². The fraction of sp³-hybridized carbons (Fsp3) is 0. The fourth-order valence-electron chi connectivity index (χ4n) is 8.71. The minimum absolute atomic E-state index is 0. The molecule has 402 valence electrons. The molecule has 12 aromatic rings. The summed E-state index contributed by atoms with van der Waals surface area (Å²) in [6.07, 6.45) is 0. The Kier molecular flexibility index (Phi) is 29.0. The molecule has 0 atom stereocenters. The zero-order chi connectivity index (χ0) is 51.7. The molecule has 0 saturated carbocycles. The van der Waals surface area contributed by atoms with Crippen LogP contribution in [0.15, 0.2) is 364 Å². The first-order chi connectivity index (χ1) is 37.8. The maximum atomic E-state index is 2.23. The van der Waals surface area contributed by atoms with E-state index in [9.17, 15) is 0 Å². The van der Waals surface area contributed by atoms with Gasteiger partial charge in [-0.2, -0.15) is 0 Å². The maximum absolute atomic E-state index is 2.23. The SMILES string of the molecule is O.O.[Rh].[Rh].c1ccc(P(c2ccccc2)c2ccccc2)cc1.c1ccc(P(c2ccccc2)c2ccccc2)cc1.c1ccc(P(c2ccccc2)c2ccccc2)cc1.c1ccc(P(c2ccccc2)c2ccccc2)cc1. The Labute approximate surface area is 505 Å². The normalized spacial score (nSPS) is 10.1. The van der Waals surface area contributed by atoms with E-state index in [1.54, 1.807) is 0 Å². The van der Waals surface area contributed by atoms with Crippen molar-refractivity contribution in [1.82, 2.24) is 0 Å². The first-order valence-corrected chi connectivity index (χ1v) is 31.0. The molecule has 2 radical (unpaired) electrons. The van der Waals surface area contributed by atoms with Crippen LogP contribution in [0.4, 0.5) is 0 Å². The minimum Gasteiger partial charge on any atom is -0.412 e. The van der Waals surface area contributed by atoms with Crippen molar-refractivity contribution in [3.63, 3.8) is 0 Å². The number of benzene rings is 12. The van der Waals surface area contributed by atoms with Gasteiger partial charge in [-0.15, -0.1) is 0 Å². The largest absolute Gasteiger partial charge is 0.412 e. The van der Waals surface area contributed by atoms with Crippen LogP contribution in [-0.4, -0.2) is 11.0 Å². The monoisotopic (exact) mass is 1290 g/mol. The molecule has 12 rings (SSSR count). The predicted molar refractivity (Wildman–Crippen MR) is 348 cm³/mol. The zero-order valence-electron chi connectivity index (χ0n) is 44.1. The number of hydrogen-bond acceptors (Lipinski definition) is 0. The van der Waals surface area contributed by atoms with E-state index in [1.165, 1.54) is 63.7 Å². The zero-order valence-corrected chi connectivity index (χ0v) is 51.0. The Hall–Kier alpha value is -6.47. The molecule has 0 unspecified atom stereocenters. The van der Waals surface area contributed by atoms with E-state index in [1.807, 2.05) is 0 Å². The Balaban J connectivity index is 0.000000193. The van der Waals surface area contributed by atoms with Crippen LogP contribution in [0.2, 0.25) is 0 Å². The van der Waals surface area contributed by atoms with Gasteiger partial charge in [-0.25, -0.2) is 0 Å². The van der Waals surface area contributed by atoms with Gasteiger partial charge >= 0.3 is 0 Å². The van der Waals surface area contributed by atoms with E-state index in [4.69, 9.17) is 0 Å². The van der Waals surface area contributed by atoms with Crippen LogP contribution < -0.4 is 63.7 Å². The van der Waals surface area contributed by atoms with Crippen LogP contribution in [0.25, 0.3) is 0 Å². The summed E-state index contributed by atoms with van der Waals surface area (Å²) in [5.41, 5.74) is 0.